The molecule has 0 spiro atoms. The smallest absolute Gasteiger partial charge is 0.122 e. The van der Waals surface area contributed by atoms with Gasteiger partial charge in [0.05, 0.1) is 14.2 Å². The van der Waals surface area contributed by atoms with E-state index in [0.29, 0.717) is 11.8 Å². The van der Waals surface area contributed by atoms with Gasteiger partial charge in [-0.05, 0) is 84.0 Å². The molecule has 0 bridgehead atoms. The van der Waals surface area contributed by atoms with E-state index < -0.39 is 0 Å². The molecule has 0 heterocycles. The normalized spacial score (nSPS) is 23.2. The molecule has 3 aliphatic carbocycles. The van der Waals surface area contributed by atoms with Gasteiger partial charge in [-0.25, -0.2) is 0 Å². The molecular weight excluding hydrogens is 296 g/mol. The number of methoxy groups -OCH3 is 2. The summed E-state index contributed by atoms with van der Waals surface area (Å²) in [6.07, 6.45) is 7.35. The second-order valence-corrected chi connectivity index (χ2v) is 7.39. The lowest BCUT2D eigenvalue weighted by Gasteiger charge is -2.41. The predicted molar refractivity (Wildman–Crippen MR) is 95.6 cm³/mol. The second kappa shape index (κ2) is 5.27. The van der Waals surface area contributed by atoms with Gasteiger partial charge in [-0.1, -0.05) is 12.1 Å². The summed E-state index contributed by atoms with van der Waals surface area (Å²) in [7, 11) is 3.62. The molecule has 2 nitrogen and oxygen atoms in total. The topological polar surface area (TPSA) is 18.5 Å². The zero-order valence-electron chi connectivity index (χ0n) is 14.5. The highest BCUT2D eigenvalue weighted by atomic mass is 16.5. The van der Waals surface area contributed by atoms with Gasteiger partial charge in [0.25, 0.3) is 0 Å². The van der Waals surface area contributed by atoms with Crippen molar-refractivity contribution in [2.24, 2.45) is 0 Å². The lowest BCUT2D eigenvalue weighted by molar-refractivity contribution is 0.397. The molecule has 2 unspecified atom stereocenters. The van der Waals surface area contributed by atoms with Crippen LogP contribution < -0.4 is 9.47 Å². The Morgan fingerprint density at radius 1 is 0.708 bits per heavy atom. The molecule has 0 fully saturated rings. The average Bonchev–Trinajstić information content (AvgIpc) is 2.65. The monoisotopic (exact) mass is 320 g/mol. The highest BCUT2D eigenvalue weighted by Crippen LogP contribution is 2.55. The van der Waals surface area contributed by atoms with Gasteiger partial charge in [0.15, 0.2) is 0 Å². The van der Waals surface area contributed by atoms with Crippen molar-refractivity contribution in [2.75, 3.05) is 14.2 Å². The van der Waals surface area contributed by atoms with Crippen molar-refractivity contribution < 1.29 is 9.47 Å². The fourth-order valence-corrected chi connectivity index (χ4v) is 5.53. The summed E-state index contributed by atoms with van der Waals surface area (Å²) >= 11 is 0. The quantitative estimate of drug-likeness (QED) is 0.779. The summed E-state index contributed by atoms with van der Waals surface area (Å²) < 4.78 is 11.4. The molecule has 3 aliphatic rings. The van der Waals surface area contributed by atoms with Crippen LogP contribution in [0.3, 0.4) is 0 Å². The minimum atomic E-state index is 0.549. The van der Waals surface area contributed by atoms with Crippen LogP contribution in [0, 0.1) is 0 Å². The van der Waals surface area contributed by atoms with E-state index in [2.05, 4.69) is 24.3 Å². The second-order valence-electron chi connectivity index (χ2n) is 7.39. The zero-order chi connectivity index (χ0) is 16.3. The van der Waals surface area contributed by atoms with Gasteiger partial charge in [-0.15, -0.1) is 0 Å². The van der Waals surface area contributed by atoms with Gasteiger partial charge >= 0.3 is 0 Å². The first kappa shape index (κ1) is 14.4. The maximum absolute atomic E-state index is 5.70. The van der Waals surface area contributed by atoms with E-state index in [1.165, 1.54) is 36.8 Å². The van der Waals surface area contributed by atoms with E-state index in [4.69, 9.17) is 9.47 Å². The molecule has 0 radical (unpaired) electrons. The van der Waals surface area contributed by atoms with Gasteiger partial charge in [0.2, 0.25) is 0 Å². The summed E-state index contributed by atoms with van der Waals surface area (Å²) in [6, 6.07) is 9.10. The first-order chi connectivity index (χ1) is 11.8. The molecule has 2 heteroatoms. The van der Waals surface area contributed by atoms with Gasteiger partial charge in [-0.2, -0.15) is 0 Å². The van der Waals surface area contributed by atoms with Crippen molar-refractivity contribution in [1.82, 2.24) is 0 Å². The summed E-state index contributed by atoms with van der Waals surface area (Å²) in [5, 5.41) is 0. The van der Waals surface area contributed by atoms with Gasteiger partial charge in [0, 0.05) is 11.8 Å². The third kappa shape index (κ3) is 1.77. The number of benzene rings is 2. The minimum absolute atomic E-state index is 0.549. The fraction of sp³-hybridized carbons (Fsp3) is 0.455. The molecule has 0 N–H and O–H groups in total. The van der Waals surface area contributed by atoms with Crippen molar-refractivity contribution in [3.05, 3.63) is 57.6 Å². The van der Waals surface area contributed by atoms with Crippen LogP contribution in [-0.2, 0) is 12.8 Å². The van der Waals surface area contributed by atoms with E-state index in [1.54, 1.807) is 22.3 Å². The third-order valence-corrected chi connectivity index (χ3v) is 6.42. The van der Waals surface area contributed by atoms with Crippen LogP contribution in [0.4, 0.5) is 0 Å². The first-order valence-corrected chi connectivity index (χ1v) is 9.22. The Balaban J connectivity index is 1.81. The molecule has 2 aromatic rings. The van der Waals surface area contributed by atoms with E-state index in [0.717, 1.165) is 24.3 Å². The Hall–Kier alpha value is -1.96. The maximum atomic E-state index is 5.70. The van der Waals surface area contributed by atoms with Crippen LogP contribution in [0.25, 0.3) is 0 Å². The largest absolute Gasteiger partial charge is 0.496 e. The van der Waals surface area contributed by atoms with Crippen molar-refractivity contribution >= 4 is 0 Å². The SMILES string of the molecule is COc1ccc2c3c1CCCC3c1ccc(OC)c3c1C2CCC3. The average molecular weight is 320 g/mol. The highest BCUT2D eigenvalue weighted by molar-refractivity contribution is 5.63. The van der Waals surface area contributed by atoms with Crippen LogP contribution in [0.15, 0.2) is 24.3 Å². The summed E-state index contributed by atoms with van der Waals surface area (Å²) in [6.45, 7) is 0. The van der Waals surface area contributed by atoms with Crippen LogP contribution in [0.2, 0.25) is 0 Å². The standard InChI is InChI=1S/C22H24O2/c1-23-19-11-9-15-14-6-4-8-18-20(24-2)12-10-16(22(14)18)13-5-3-7-17(19)21(13)15/h9-14H,3-8H2,1-2H3. The van der Waals surface area contributed by atoms with Crippen LogP contribution in [0.5, 0.6) is 11.5 Å². The number of ether oxygens (including phenoxy) is 2. The van der Waals surface area contributed by atoms with Crippen LogP contribution in [0.1, 0.15) is 70.9 Å². The highest BCUT2D eigenvalue weighted by Gasteiger charge is 2.39. The van der Waals surface area contributed by atoms with E-state index in [9.17, 15) is 0 Å². The number of hydrogen-bond donors (Lipinski definition) is 0. The molecule has 0 saturated carbocycles. The van der Waals surface area contributed by atoms with Crippen molar-refractivity contribution in [1.29, 1.82) is 0 Å². The summed E-state index contributed by atoms with van der Waals surface area (Å²) in [5.41, 5.74) is 9.27. The summed E-state index contributed by atoms with van der Waals surface area (Å²) in [5.74, 6) is 3.28. The fourth-order valence-electron chi connectivity index (χ4n) is 5.53. The summed E-state index contributed by atoms with van der Waals surface area (Å²) in [4.78, 5) is 0. The molecule has 2 atom stereocenters. The van der Waals surface area contributed by atoms with Crippen LogP contribution >= 0.6 is 0 Å². The molecule has 2 aromatic carbocycles. The Morgan fingerprint density at radius 3 is 1.58 bits per heavy atom. The third-order valence-electron chi connectivity index (χ3n) is 6.42. The molecule has 0 aromatic heterocycles. The molecule has 0 aliphatic heterocycles. The first-order valence-electron chi connectivity index (χ1n) is 9.22. The van der Waals surface area contributed by atoms with Gasteiger partial charge in [0.1, 0.15) is 11.5 Å². The van der Waals surface area contributed by atoms with Gasteiger partial charge in [-0.3, -0.25) is 0 Å². The molecule has 0 amide bonds. The number of hydrogen-bond acceptors (Lipinski definition) is 2. The van der Waals surface area contributed by atoms with Gasteiger partial charge < -0.3 is 9.47 Å². The Kier molecular flexibility index (Phi) is 3.16. The number of fused-ring (bicyclic) bond motifs is 2. The Bertz CT molecular complexity index is 752. The molecular formula is C22H24O2. The molecule has 0 saturated heterocycles. The lowest BCUT2D eigenvalue weighted by atomic mass is 9.63. The van der Waals surface area contributed by atoms with Crippen LogP contribution in [-0.4, -0.2) is 14.2 Å². The van der Waals surface area contributed by atoms with Crippen molar-refractivity contribution in [3.63, 3.8) is 0 Å². The van der Waals surface area contributed by atoms with Crippen molar-refractivity contribution in [3.8, 4) is 11.5 Å². The Morgan fingerprint density at radius 2 is 1.17 bits per heavy atom. The van der Waals surface area contributed by atoms with E-state index >= 15 is 0 Å². The Labute approximate surface area is 143 Å². The van der Waals surface area contributed by atoms with Crippen molar-refractivity contribution in [2.45, 2.75) is 50.4 Å². The predicted octanol–water partition coefficient (Wildman–Crippen LogP) is 4.95. The van der Waals surface area contributed by atoms with E-state index in [1.807, 2.05) is 14.2 Å². The maximum Gasteiger partial charge on any atom is 0.122 e. The lowest BCUT2D eigenvalue weighted by Crippen LogP contribution is -2.26. The molecule has 24 heavy (non-hydrogen) atoms. The minimum Gasteiger partial charge on any atom is -0.496 e. The molecule has 5 rings (SSSR count). The molecule has 124 valence electrons. The zero-order valence-corrected chi connectivity index (χ0v) is 14.5. The van der Waals surface area contributed by atoms with E-state index in [-0.39, 0.29) is 0 Å². The number of rotatable bonds is 2.